The van der Waals surface area contributed by atoms with Crippen molar-refractivity contribution in [3.63, 3.8) is 0 Å². The molecule has 1 aromatic carbocycles. The molecule has 0 radical (unpaired) electrons. The second-order valence-corrected chi connectivity index (χ2v) is 6.27. The molecule has 5 heteroatoms. The predicted molar refractivity (Wildman–Crippen MR) is 90.3 cm³/mol. The van der Waals surface area contributed by atoms with Crippen LogP contribution in [0.15, 0.2) is 48.7 Å². The maximum absolute atomic E-state index is 12.1. The Morgan fingerprint density at radius 2 is 1.74 bits per heavy atom. The molecule has 0 aliphatic carbocycles. The van der Waals surface area contributed by atoms with E-state index in [2.05, 4.69) is 36.4 Å². The van der Waals surface area contributed by atoms with Gasteiger partial charge in [-0.3, -0.25) is 9.59 Å². The quantitative estimate of drug-likeness (QED) is 0.912. The minimum atomic E-state index is -0.316. The fourth-order valence-corrected chi connectivity index (χ4v) is 2.01. The van der Waals surface area contributed by atoms with Crippen LogP contribution in [-0.2, 0) is 10.2 Å². The lowest BCUT2D eigenvalue weighted by Crippen LogP contribution is -2.33. The Morgan fingerprint density at radius 3 is 2.30 bits per heavy atom. The number of benzene rings is 1. The lowest BCUT2D eigenvalue weighted by Gasteiger charge is -2.19. The van der Waals surface area contributed by atoms with E-state index in [0.717, 1.165) is 5.56 Å². The van der Waals surface area contributed by atoms with Crippen LogP contribution in [0.2, 0.25) is 0 Å². The van der Waals surface area contributed by atoms with E-state index in [-0.39, 0.29) is 23.8 Å². The van der Waals surface area contributed by atoms with E-state index < -0.39 is 0 Å². The maximum atomic E-state index is 12.1. The number of hydrogen-bond donors (Lipinski definition) is 2. The molecule has 1 heterocycles. The molecule has 5 nitrogen and oxygen atoms in total. The number of nitrogens with one attached hydrogen (secondary N) is 2. The molecule has 0 atom stereocenters. The van der Waals surface area contributed by atoms with Gasteiger partial charge in [0.2, 0.25) is 5.91 Å². The van der Waals surface area contributed by atoms with Crippen LogP contribution in [0.4, 0.5) is 5.82 Å². The first-order valence-corrected chi connectivity index (χ1v) is 7.46. The van der Waals surface area contributed by atoms with Crippen molar-refractivity contribution in [2.45, 2.75) is 26.2 Å². The van der Waals surface area contributed by atoms with Crippen LogP contribution >= 0.6 is 0 Å². The number of hydrogen-bond acceptors (Lipinski definition) is 3. The van der Waals surface area contributed by atoms with Gasteiger partial charge in [0.25, 0.3) is 5.91 Å². The molecular formula is C18H21N3O2. The number of carbonyl (C=O) groups excluding carboxylic acids is 2. The van der Waals surface area contributed by atoms with Gasteiger partial charge < -0.3 is 10.6 Å². The molecule has 0 saturated heterocycles. The lowest BCUT2D eigenvalue weighted by atomic mass is 9.87. The van der Waals surface area contributed by atoms with Crippen LogP contribution in [0, 0.1) is 0 Å². The minimum Gasteiger partial charge on any atom is -0.343 e. The highest BCUT2D eigenvalue weighted by Crippen LogP contribution is 2.22. The fourth-order valence-electron chi connectivity index (χ4n) is 2.01. The number of carbonyl (C=O) groups is 2. The standard InChI is InChI=1S/C18H21N3O2/c1-18(2,3)14-9-7-13(8-10-14)17(23)20-12-16(22)21-15-6-4-5-11-19-15/h4-11H,12H2,1-3H3,(H,20,23)(H,19,21,22). The summed E-state index contributed by atoms with van der Waals surface area (Å²) in [6.45, 7) is 6.24. The lowest BCUT2D eigenvalue weighted by molar-refractivity contribution is -0.115. The van der Waals surface area contributed by atoms with Crippen LogP contribution in [0.3, 0.4) is 0 Å². The van der Waals surface area contributed by atoms with E-state index in [1.165, 1.54) is 0 Å². The van der Waals surface area contributed by atoms with Crippen molar-refractivity contribution in [1.82, 2.24) is 10.3 Å². The molecule has 2 N–H and O–H groups in total. The zero-order valence-electron chi connectivity index (χ0n) is 13.6. The molecule has 23 heavy (non-hydrogen) atoms. The van der Waals surface area contributed by atoms with Crippen LogP contribution in [0.1, 0.15) is 36.7 Å². The van der Waals surface area contributed by atoms with Crippen molar-refractivity contribution in [3.05, 3.63) is 59.8 Å². The summed E-state index contributed by atoms with van der Waals surface area (Å²) >= 11 is 0. The number of aromatic nitrogens is 1. The Bertz CT molecular complexity index is 674. The number of pyridine rings is 1. The third-order valence-electron chi connectivity index (χ3n) is 3.35. The van der Waals surface area contributed by atoms with Crippen molar-refractivity contribution in [1.29, 1.82) is 0 Å². The van der Waals surface area contributed by atoms with Crippen molar-refractivity contribution in [2.75, 3.05) is 11.9 Å². The third kappa shape index (κ3) is 4.92. The monoisotopic (exact) mass is 311 g/mol. The minimum absolute atomic E-state index is 0.0393. The molecule has 2 amide bonds. The SMILES string of the molecule is CC(C)(C)c1ccc(C(=O)NCC(=O)Nc2ccccn2)cc1. The molecule has 0 saturated carbocycles. The Kier molecular flexibility index (Phi) is 5.11. The summed E-state index contributed by atoms with van der Waals surface area (Å²) in [7, 11) is 0. The largest absolute Gasteiger partial charge is 0.343 e. The van der Waals surface area contributed by atoms with E-state index >= 15 is 0 Å². The molecule has 0 aliphatic heterocycles. The summed E-state index contributed by atoms with van der Waals surface area (Å²) in [5, 5.41) is 5.21. The van der Waals surface area contributed by atoms with Gasteiger partial charge in [0.15, 0.2) is 0 Å². The van der Waals surface area contributed by atoms with Gasteiger partial charge in [0.1, 0.15) is 5.82 Å². The maximum Gasteiger partial charge on any atom is 0.251 e. The van der Waals surface area contributed by atoms with Crippen molar-refractivity contribution in [3.8, 4) is 0 Å². The van der Waals surface area contributed by atoms with Crippen LogP contribution < -0.4 is 10.6 Å². The van der Waals surface area contributed by atoms with Crippen molar-refractivity contribution >= 4 is 17.6 Å². The highest BCUT2D eigenvalue weighted by Gasteiger charge is 2.14. The van der Waals surface area contributed by atoms with Crippen LogP contribution in [0.25, 0.3) is 0 Å². The van der Waals surface area contributed by atoms with Gasteiger partial charge in [0.05, 0.1) is 6.54 Å². The van der Waals surface area contributed by atoms with E-state index in [9.17, 15) is 9.59 Å². The van der Waals surface area contributed by atoms with Crippen molar-refractivity contribution < 1.29 is 9.59 Å². The van der Waals surface area contributed by atoms with Gasteiger partial charge in [-0.05, 0) is 35.2 Å². The first kappa shape index (κ1) is 16.7. The number of anilines is 1. The average Bonchev–Trinajstić information content (AvgIpc) is 2.53. The smallest absolute Gasteiger partial charge is 0.251 e. The van der Waals surface area contributed by atoms with Crippen LogP contribution in [-0.4, -0.2) is 23.3 Å². The Morgan fingerprint density at radius 1 is 1.04 bits per heavy atom. The van der Waals surface area contributed by atoms with Gasteiger partial charge in [-0.1, -0.05) is 39.0 Å². The zero-order valence-corrected chi connectivity index (χ0v) is 13.6. The molecule has 0 bridgehead atoms. The van der Waals surface area contributed by atoms with E-state index in [1.807, 2.05) is 12.1 Å². The van der Waals surface area contributed by atoms with Gasteiger partial charge >= 0.3 is 0 Å². The topological polar surface area (TPSA) is 71.1 Å². The van der Waals surface area contributed by atoms with Gasteiger partial charge in [0, 0.05) is 11.8 Å². The zero-order chi connectivity index (χ0) is 16.9. The van der Waals surface area contributed by atoms with Gasteiger partial charge in [-0.25, -0.2) is 4.98 Å². The Hall–Kier alpha value is -2.69. The highest BCUT2D eigenvalue weighted by atomic mass is 16.2. The van der Waals surface area contributed by atoms with E-state index in [1.54, 1.807) is 36.5 Å². The molecule has 1 aromatic heterocycles. The summed E-state index contributed by atoms with van der Waals surface area (Å²) in [5.74, 6) is -0.133. The van der Waals surface area contributed by atoms with Crippen LogP contribution in [0.5, 0.6) is 0 Å². The summed E-state index contributed by atoms with van der Waals surface area (Å²) in [6.07, 6.45) is 1.59. The normalized spacial score (nSPS) is 10.9. The number of rotatable bonds is 4. The summed E-state index contributed by atoms with van der Waals surface area (Å²) in [6, 6.07) is 12.6. The Labute approximate surface area is 136 Å². The molecule has 0 spiro atoms. The van der Waals surface area contributed by atoms with E-state index in [0.29, 0.717) is 11.4 Å². The second kappa shape index (κ2) is 7.05. The van der Waals surface area contributed by atoms with Gasteiger partial charge in [-0.15, -0.1) is 0 Å². The first-order chi connectivity index (χ1) is 10.9. The highest BCUT2D eigenvalue weighted by molar-refractivity contribution is 5.99. The van der Waals surface area contributed by atoms with Crippen molar-refractivity contribution in [2.24, 2.45) is 0 Å². The van der Waals surface area contributed by atoms with E-state index in [4.69, 9.17) is 0 Å². The Balaban J connectivity index is 1.88. The molecule has 120 valence electrons. The average molecular weight is 311 g/mol. The first-order valence-electron chi connectivity index (χ1n) is 7.46. The molecule has 0 unspecified atom stereocenters. The molecule has 2 rings (SSSR count). The molecular weight excluding hydrogens is 290 g/mol. The molecule has 0 aliphatic rings. The fraction of sp³-hybridized carbons (Fsp3) is 0.278. The second-order valence-electron chi connectivity index (χ2n) is 6.27. The number of amides is 2. The summed E-state index contributed by atoms with van der Waals surface area (Å²) < 4.78 is 0. The molecule has 0 fully saturated rings. The summed E-state index contributed by atoms with van der Waals surface area (Å²) in [5.41, 5.74) is 1.72. The molecule has 2 aromatic rings. The number of nitrogens with zero attached hydrogens (tertiary/aromatic N) is 1. The summed E-state index contributed by atoms with van der Waals surface area (Å²) in [4.78, 5) is 27.8. The third-order valence-corrected chi connectivity index (χ3v) is 3.35. The predicted octanol–water partition coefficient (Wildman–Crippen LogP) is 2.75. The van der Waals surface area contributed by atoms with Gasteiger partial charge in [-0.2, -0.15) is 0 Å².